The molecule has 2 aromatic carbocycles. The zero-order chi connectivity index (χ0) is 13.0. The van der Waals surface area contributed by atoms with Gasteiger partial charge in [-0.05, 0) is 30.2 Å². The van der Waals surface area contributed by atoms with E-state index in [0.29, 0.717) is 12.0 Å². The first-order chi connectivity index (χ1) is 8.84. The van der Waals surface area contributed by atoms with Crippen LogP contribution in [-0.2, 0) is 0 Å². The number of rotatable bonds is 2. The summed E-state index contributed by atoms with van der Waals surface area (Å²) in [5.74, 6) is 1.74. The van der Waals surface area contributed by atoms with E-state index in [9.17, 15) is 0 Å². The first-order valence-electron chi connectivity index (χ1n) is 6.99. The Bertz CT molecular complexity index is 499. The fourth-order valence-corrected chi connectivity index (χ4v) is 2.27. The molecule has 0 N–H and O–H groups in total. The van der Waals surface area contributed by atoms with E-state index >= 15 is 0 Å². The normalized spacial score (nSPS) is 20.6. The molecule has 19 heavy (non-hydrogen) atoms. The van der Waals surface area contributed by atoms with Crippen LogP contribution in [-0.4, -0.2) is 6.10 Å². The molecular weight excluding hydrogens is 232 g/mol. The summed E-state index contributed by atoms with van der Waals surface area (Å²) in [5.41, 5.74) is 0. The van der Waals surface area contributed by atoms with Crippen LogP contribution in [0.15, 0.2) is 42.5 Å². The molecule has 2 atom stereocenters. The van der Waals surface area contributed by atoms with E-state index in [2.05, 4.69) is 49.4 Å². The summed E-state index contributed by atoms with van der Waals surface area (Å²) in [4.78, 5) is 0. The first kappa shape index (κ1) is 15.6. The number of ether oxygens (including phenoxy) is 1. The van der Waals surface area contributed by atoms with Crippen LogP contribution in [0.3, 0.4) is 0 Å². The van der Waals surface area contributed by atoms with Crippen molar-refractivity contribution in [1.82, 2.24) is 0 Å². The molecule has 1 saturated carbocycles. The largest absolute Gasteiger partial charge is 0.490 e. The maximum absolute atomic E-state index is 6.08. The van der Waals surface area contributed by atoms with E-state index < -0.39 is 0 Å². The van der Waals surface area contributed by atoms with Crippen molar-refractivity contribution in [2.45, 2.75) is 47.1 Å². The minimum atomic E-state index is 0. The molecule has 0 unspecified atom stereocenters. The van der Waals surface area contributed by atoms with Crippen molar-refractivity contribution in [2.75, 3.05) is 0 Å². The first-order valence-corrected chi connectivity index (χ1v) is 6.99. The maximum atomic E-state index is 6.08. The average Bonchev–Trinajstić information content (AvgIpc) is 2.45. The van der Waals surface area contributed by atoms with Crippen molar-refractivity contribution in [3.63, 3.8) is 0 Å². The molecule has 0 spiro atoms. The van der Waals surface area contributed by atoms with Crippen LogP contribution in [0.4, 0.5) is 0 Å². The van der Waals surface area contributed by atoms with Crippen LogP contribution in [0.5, 0.6) is 5.75 Å². The summed E-state index contributed by atoms with van der Waals surface area (Å²) in [6.07, 6.45) is 2.92. The van der Waals surface area contributed by atoms with Gasteiger partial charge in [-0.3, -0.25) is 0 Å². The van der Waals surface area contributed by atoms with Gasteiger partial charge in [-0.15, -0.1) is 0 Å². The number of benzene rings is 2. The minimum Gasteiger partial charge on any atom is -0.490 e. The van der Waals surface area contributed by atoms with E-state index in [1.54, 1.807) is 0 Å². The third-order valence-corrected chi connectivity index (χ3v) is 3.57. The Hall–Kier alpha value is -1.50. The molecule has 0 aromatic heterocycles. The zero-order valence-corrected chi connectivity index (χ0v) is 11.5. The lowest BCUT2D eigenvalue weighted by molar-refractivity contribution is 0.0591. The zero-order valence-electron chi connectivity index (χ0n) is 11.5. The number of hydrogen-bond donors (Lipinski definition) is 0. The van der Waals surface area contributed by atoms with Gasteiger partial charge in [0.05, 0.1) is 0 Å². The molecule has 0 heterocycles. The van der Waals surface area contributed by atoms with Gasteiger partial charge in [-0.1, -0.05) is 64.6 Å². The predicted octanol–water partition coefficient (Wildman–Crippen LogP) is 5.68. The Morgan fingerprint density at radius 1 is 0.947 bits per heavy atom. The highest BCUT2D eigenvalue weighted by Gasteiger charge is 2.28. The lowest BCUT2D eigenvalue weighted by Gasteiger charge is -2.34. The Morgan fingerprint density at radius 3 is 2.26 bits per heavy atom. The van der Waals surface area contributed by atoms with Crippen LogP contribution in [0.25, 0.3) is 10.8 Å². The molecule has 0 amide bonds. The molecule has 3 rings (SSSR count). The maximum Gasteiger partial charge on any atom is 0.127 e. The number of hydrogen-bond acceptors (Lipinski definition) is 1. The summed E-state index contributed by atoms with van der Waals surface area (Å²) < 4.78 is 6.08. The van der Waals surface area contributed by atoms with Crippen molar-refractivity contribution in [1.29, 1.82) is 0 Å². The van der Waals surface area contributed by atoms with E-state index in [1.807, 2.05) is 13.8 Å². The van der Waals surface area contributed by atoms with Crippen molar-refractivity contribution in [3.05, 3.63) is 42.5 Å². The minimum absolute atomic E-state index is 0. The van der Waals surface area contributed by atoms with Crippen molar-refractivity contribution in [2.24, 2.45) is 5.92 Å². The third kappa shape index (κ3) is 3.28. The standard InChI is InChI=1S/C15H16O.C2H6.CH4/c1-11-9-10-14(11)16-15-8-4-6-12-5-2-3-7-13(12)15;1-2;/h2-8,11,14H,9-10H2,1H3;1-2H3;1H4/t11-,14-;;/m1../s1. The predicted molar refractivity (Wildman–Crippen MR) is 84.8 cm³/mol. The van der Waals surface area contributed by atoms with Crippen molar-refractivity contribution >= 4 is 10.8 Å². The van der Waals surface area contributed by atoms with Gasteiger partial charge in [0, 0.05) is 5.39 Å². The highest BCUT2D eigenvalue weighted by molar-refractivity contribution is 5.88. The summed E-state index contributed by atoms with van der Waals surface area (Å²) in [6, 6.07) is 14.7. The van der Waals surface area contributed by atoms with E-state index in [-0.39, 0.29) is 7.43 Å². The summed E-state index contributed by atoms with van der Waals surface area (Å²) in [7, 11) is 0. The number of fused-ring (bicyclic) bond motifs is 1. The molecule has 0 radical (unpaired) electrons. The molecular formula is C18H26O. The Labute approximate surface area is 117 Å². The van der Waals surface area contributed by atoms with Gasteiger partial charge in [0.25, 0.3) is 0 Å². The Kier molecular flexibility index (Phi) is 5.88. The Balaban J connectivity index is 0.000000576. The van der Waals surface area contributed by atoms with E-state index in [4.69, 9.17) is 4.74 Å². The summed E-state index contributed by atoms with van der Waals surface area (Å²) >= 11 is 0. The van der Waals surface area contributed by atoms with Gasteiger partial charge in [-0.2, -0.15) is 0 Å². The molecule has 1 aliphatic carbocycles. The highest BCUT2D eigenvalue weighted by atomic mass is 16.5. The second-order valence-electron chi connectivity index (χ2n) is 4.69. The topological polar surface area (TPSA) is 9.23 Å². The summed E-state index contributed by atoms with van der Waals surface area (Å²) in [6.45, 7) is 6.26. The quantitative estimate of drug-likeness (QED) is 0.673. The molecule has 1 aliphatic rings. The average molecular weight is 258 g/mol. The van der Waals surface area contributed by atoms with Crippen molar-refractivity contribution in [3.8, 4) is 5.75 Å². The van der Waals surface area contributed by atoms with Crippen LogP contribution in [0.2, 0.25) is 0 Å². The van der Waals surface area contributed by atoms with Gasteiger partial charge in [-0.25, -0.2) is 0 Å². The van der Waals surface area contributed by atoms with Crippen LogP contribution in [0.1, 0.15) is 41.0 Å². The fourth-order valence-electron chi connectivity index (χ4n) is 2.27. The van der Waals surface area contributed by atoms with E-state index in [0.717, 1.165) is 5.75 Å². The molecule has 0 bridgehead atoms. The molecule has 104 valence electrons. The third-order valence-electron chi connectivity index (χ3n) is 3.57. The molecule has 0 saturated heterocycles. The molecule has 1 nitrogen and oxygen atoms in total. The molecule has 0 aliphatic heterocycles. The smallest absolute Gasteiger partial charge is 0.127 e. The van der Waals surface area contributed by atoms with Gasteiger partial charge in [0.15, 0.2) is 0 Å². The highest BCUT2D eigenvalue weighted by Crippen LogP contribution is 2.34. The summed E-state index contributed by atoms with van der Waals surface area (Å²) in [5, 5.41) is 2.48. The fraction of sp³-hybridized carbons (Fsp3) is 0.444. The van der Waals surface area contributed by atoms with Gasteiger partial charge in [0.1, 0.15) is 11.9 Å². The van der Waals surface area contributed by atoms with Crippen LogP contribution >= 0.6 is 0 Å². The molecule has 1 fully saturated rings. The van der Waals surface area contributed by atoms with Crippen LogP contribution < -0.4 is 4.74 Å². The van der Waals surface area contributed by atoms with Crippen molar-refractivity contribution < 1.29 is 4.74 Å². The SMILES string of the molecule is C.CC.C[C@@H]1CC[C@H]1Oc1cccc2ccccc12. The van der Waals surface area contributed by atoms with Gasteiger partial charge in [0.2, 0.25) is 0 Å². The molecule has 2 aromatic rings. The van der Waals surface area contributed by atoms with Gasteiger partial charge >= 0.3 is 0 Å². The van der Waals surface area contributed by atoms with Gasteiger partial charge < -0.3 is 4.74 Å². The Morgan fingerprint density at radius 2 is 1.63 bits per heavy atom. The lowest BCUT2D eigenvalue weighted by atomic mass is 9.83. The lowest BCUT2D eigenvalue weighted by Crippen LogP contribution is -2.34. The second kappa shape index (κ2) is 7.18. The van der Waals surface area contributed by atoms with Crippen LogP contribution in [0, 0.1) is 5.92 Å². The monoisotopic (exact) mass is 258 g/mol. The van der Waals surface area contributed by atoms with E-state index in [1.165, 1.54) is 23.6 Å². The second-order valence-corrected chi connectivity index (χ2v) is 4.69. The molecule has 1 heteroatoms.